The summed E-state index contributed by atoms with van der Waals surface area (Å²) >= 11 is 12.1. The molecular formula is C14H12Cl2O2. The highest BCUT2D eigenvalue weighted by atomic mass is 35.5. The largest absolute Gasteiger partial charge is 0.487 e. The van der Waals surface area contributed by atoms with Crippen LogP contribution in [0.4, 0.5) is 0 Å². The maximum absolute atomic E-state index is 9.23. The fraction of sp³-hybridized carbons (Fsp3) is 0.143. The zero-order chi connectivity index (χ0) is 13.0. The maximum atomic E-state index is 9.23. The molecule has 0 spiro atoms. The highest BCUT2D eigenvalue weighted by Crippen LogP contribution is 2.30. The van der Waals surface area contributed by atoms with E-state index in [-0.39, 0.29) is 6.61 Å². The SMILES string of the molecule is OCc1cccc(Cl)c1OCc1ccccc1Cl. The molecule has 0 aliphatic rings. The van der Waals surface area contributed by atoms with Crippen LogP contribution in [0.2, 0.25) is 10.0 Å². The molecule has 0 heterocycles. The number of rotatable bonds is 4. The van der Waals surface area contributed by atoms with Crippen LogP contribution in [0.5, 0.6) is 5.75 Å². The maximum Gasteiger partial charge on any atom is 0.143 e. The monoisotopic (exact) mass is 282 g/mol. The van der Waals surface area contributed by atoms with Crippen molar-refractivity contribution in [3.05, 3.63) is 63.6 Å². The van der Waals surface area contributed by atoms with Gasteiger partial charge in [0.2, 0.25) is 0 Å². The minimum atomic E-state index is -0.113. The zero-order valence-electron chi connectivity index (χ0n) is 9.57. The average molecular weight is 283 g/mol. The number of ether oxygens (including phenoxy) is 1. The minimum Gasteiger partial charge on any atom is -0.487 e. The third kappa shape index (κ3) is 2.96. The first-order chi connectivity index (χ1) is 8.72. The van der Waals surface area contributed by atoms with Gasteiger partial charge in [0.15, 0.2) is 0 Å². The van der Waals surface area contributed by atoms with E-state index in [4.69, 9.17) is 27.9 Å². The Bertz CT molecular complexity index is 541. The molecule has 0 atom stereocenters. The van der Waals surface area contributed by atoms with Crippen LogP contribution in [-0.4, -0.2) is 5.11 Å². The minimum absolute atomic E-state index is 0.113. The molecule has 2 nitrogen and oxygen atoms in total. The van der Waals surface area contributed by atoms with Gasteiger partial charge in [0, 0.05) is 16.1 Å². The molecular weight excluding hydrogens is 271 g/mol. The van der Waals surface area contributed by atoms with Gasteiger partial charge in [0.25, 0.3) is 0 Å². The Balaban J connectivity index is 2.18. The number of benzene rings is 2. The molecule has 18 heavy (non-hydrogen) atoms. The number of aliphatic hydroxyl groups is 1. The Morgan fingerprint density at radius 1 is 0.889 bits per heavy atom. The van der Waals surface area contributed by atoms with Crippen molar-refractivity contribution in [2.24, 2.45) is 0 Å². The lowest BCUT2D eigenvalue weighted by molar-refractivity contribution is 0.259. The summed E-state index contributed by atoms with van der Waals surface area (Å²) in [6, 6.07) is 12.7. The highest BCUT2D eigenvalue weighted by molar-refractivity contribution is 6.32. The first-order valence-corrected chi connectivity index (χ1v) is 6.22. The molecule has 1 N–H and O–H groups in total. The van der Waals surface area contributed by atoms with Gasteiger partial charge in [-0.05, 0) is 12.1 Å². The van der Waals surface area contributed by atoms with Gasteiger partial charge in [-0.3, -0.25) is 0 Å². The van der Waals surface area contributed by atoms with E-state index < -0.39 is 0 Å². The van der Waals surface area contributed by atoms with Gasteiger partial charge in [-0.2, -0.15) is 0 Å². The molecule has 4 heteroatoms. The van der Waals surface area contributed by atoms with Gasteiger partial charge in [0.1, 0.15) is 12.4 Å². The molecule has 0 amide bonds. The second-order valence-electron chi connectivity index (χ2n) is 3.77. The lowest BCUT2D eigenvalue weighted by atomic mass is 10.2. The van der Waals surface area contributed by atoms with Crippen molar-refractivity contribution in [1.82, 2.24) is 0 Å². The lowest BCUT2D eigenvalue weighted by Crippen LogP contribution is -2.00. The topological polar surface area (TPSA) is 29.5 Å². The number of aliphatic hydroxyl groups excluding tert-OH is 1. The van der Waals surface area contributed by atoms with Crippen LogP contribution in [0, 0.1) is 0 Å². The summed E-state index contributed by atoms with van der Waals surface area (Å²) in [7, 11) is 0. The normalized spacial score (nSPS) is 10.4. The van der Waals surface area contributed by atoms with Crippen molar-refractivity contribution in [3.63, 3.8) is 0 Å². The van der Waals surface area contributed by atoms with Crippen molar-refractivity contribution in [1.29, 1.82) is 0 Å². The van der Waals surface area contributed by atoms with Crippen LogP contribution < -0.4 is 4.74 Å². The smallest absolute Gasteiger partial charge is 0.143 e. The summed E-state index contributed by atoms with van der Waals surface area (Å²) in [5, 5.41) is 10.4. The van der Waals surface area contributed by atoms with E-state index >= 15 is 0 Å². The van der Waals surface area contributed by atoms with Crippen LogP contribution in [0.15, 0.2) is 42.5 Å². The number of hydrogen-bond acceptors (Lipinski definition) is 2. The van der Waals surface area contributed by atoms with E-state index in [2.05, 4.69) is 0 Å². The summed E-state index contributed by atoms with van der Waals surface area (Å²) in [6.45, 7) is 0.203. The van der Waals surface area contributed by atoms with Crippen LogP contribution >= 0.6 is 23.2 Å². The average Bonchev–Trinajstić information content (AvgIpc) is 2.39. The van der Waals surface area contributed by atoms with E-state index in [0.29, 0.717) is 28.0 Å². The van der Waals surface area contributed by atoms with Crippen molar-refractivity contribution >= 4 is 23.2 Å². The molecule has 0 aliphatic carbocycles. The number of hydrogen-bond donors (Lipinski definition) is 1. The Morgan fingerprint density at radius 2 is 1.56 bits per heavy atom. The van der Waals surface area contributed by atoms with Gasteiger partial charge in [-0.25, -0.2) is 0 Å². The van der Waals surface area contributed by atoms with Crippen LogP contribution in [0.3, 0.4) is 0 Å². The molecule has 2 rings (SSSR count). The van der Waals surface area contributed by atoms with Crippen LogP contribution in [0.1, 0.15) is 11.1 Å². The van der Waals surface area contributed by atoms with Gasteiger partial charge in [0.05, 0.1) is 11.6 Å². The van der Waals surface area contributed by atoms with E-state index in [9.17, 15) is 5.11 Å². The third-order valence-electron chi connectivity index (χ3n) is 2.55. The van der Waals surface area contributed by atoms with E-state index in [1.165, 1.54) is 0 Å². The van der Waals surface area contributed by atoms with Crippen molar-refractivity contribution < 1.29 is 9.84 Å². The first-order valence-electron chi connectivity index (χ1n) is 5.47. The molecule has 0 saturated heterocycles. The van der Waals surface area contributed by atoms with E-state index in [1.54, 1.807) is 24.3 Å². The number of halogens is 2. The Labute approximate surface area is 116 Å². The Kier molecular flexibility index (Phi) is 4.48. The molecule has 94 valence electrons. The van der Waals surface area contributed by atoms with Gasteiger partial charge >= 0.3 is 0 Å². The predicted molar refractivity (Wildman–Crippen MR) is 73.2 cm³/mol. The summed E-state index contributed by atoms with van der Waals surface area (Å²) < 4.78 is 5.65. The molecule has 0 saturated carbocycles. The van der Waals surface area contributed by atoms with Crippen LogP contribution in [-0.2, 0) is 13.2 Å². The summed E-state index contributed by atoms with van der Waals surface area (Å²) in [5.41, 5.74) is 1.54. The van der Waals surface area contributed by atoms with Crippen LogP contribution in [0.25, 0.3) is 0 Å². The highest BCUT2D eigenvalue weighted by Gasteiger charge is 2.08. The Morgan fingerprint density at radius 3 is 2.28 bits per heavy atom. The van der Waals surface area contributed by atoms with Crippen molar-refractivity contribution in [3.8, 4) is 5.75 Å². The standard InChI is InChI=1S/C14H12Cl2O2/c15-12-6-2-1-4-11(12)9-18-14-10(8-17)5-3-7-13(14)16/h1-7,17H,8-9H2. The molecule has 0 aliphatic heterocycles. The number of para-hydroxylation sites is 1. The van der Waals surface area contributed by atoms with Crippen molar-refractivity contribution in [2.75, 3.05) is 0 Å². The fourth-order valence-corrected chi connectivity index (χ4v) is 2.04. The molecule has 0 unspecified atom stereocenters. The predicted octanol–water partition coefficient (Wildman–Crippen LogP) is 4.06. The van der Waals surface area contributed by atoms with E-state index in [0.717, 1.165) is 5.56 Å². The quantitative estimate of drug-likeness (QED) is 0.916. The second-order valence-corrected chi connectivity index (χ2v) is 4.58. The molecule has 0 bridgehead atoms. The lowest BCUT2D eigenvalue weighted by Gasteiger charge is -2.12. The summed E-state index contributed by atoms with van der Waals surface area (Å²) in [5.74, 6) is 0.501. The summed E-state index contributed by atoms with van der Waals surface area (Å²) in [4.78, 5) is 0. The van der Waals surface area contributed by atoms with Gasteiger partial charge < -0.3 is 9.84 Å². The third-order valence-corrected chi connectivity index (χ3v) is 3.22. The molecule has 2 aromatic rings. The van der Waals surface area contributed by atoms with Gasteiger partial charge in [-0.1, -0.05) is 53.5 Å². The molecule has 0 radical (unpaired) electrons. The molecule has 2 aromatic carbocycles. The Hall–Kier alpha value is -1.22. The summed E-state index contributed by atoms with van der Waals surface area (Å²) in [6.07, 6.45) is 0. The zero-order valence-corrected chi connectivity index (χ0v) is 11.1. The fourth-order valence-electron chi connectivity index (χ4n) is 1.61. The molecule has 0 aromatic heterocycles. The second kappa shape index (κ2) is 6.10. The van der Waals surface area contributed by atoms with E-state index in [1.807, 2.05) is 18.2 Å². The van der Waals surface area contributed by atoms with Crippen molar-refractivity contribution in [2.45, 2.75) is 13.2 Å². The first kappa shape index (κ1) is 13.2. The van der Waals surface area contributed by atoms with Gasteiger partial charge in [-0.15, -0.1) is 0 Å². The molecule has 0 fully saturated rings.